The third kappa shape index (κ3) is 5.33. The number of unbranched alkanes of at least 4 members (excludes halogenated alkanes) is 3. The highest BCUT2D eigenvalue weighted by molar-refractivity contribution is 4.76. The number of hydrogen-bond acceptors (Lipinski definition) is 2. The third-order valence-electron chi connectivity index (χ3n) is 3.14. The standard InChI is InChI=1S/C13H25NO/c1-2-3-4-5-6-9-12(14)13-10-7-8-11-15-13/h2,12-13H,1,3-11,14H2. The fraction of sp³-hybridized carbons (Fsp3) is 0.846. The van der Waals surface area contributed by atoms with Gasteiger partial charge in [0.2, 0.25) is 0 Å². The van der Waals surface area contributed by atoms with Crippen LogP contribution in [0.15, 0.2) is 12.7 Å². The zero-order valence-corrected chi connectivity index (χ0v) is 9.79. The SMILES string of the molecule is C=CCCCCCC(N)C1CCCCO1. The van der Waals surface area contributed by atoms with Crippen LogP contribution in [-0.2, 0) is 4.74 Å². The second kappa shape index (κ2) is 7.89. The molecule has 0 aromatic carbocycles. The summed E-state index contributed by atoms with van der Waals surface area (Å²) < 4.78 is 5.68. The smallest absolute Gasteiger partial charge is 0.0725 e. The van der Waals surface area contributed by atoms with Crippen molar-refractivity contribution in [3.05, 3.63) is 12.7 Å². The Balaban J connectivity index is 2.01. The van der Waals surface area contributed by atoms with Crippen LogP contribution in [0.2, 0.25) is 0 Å². The lowest BCUT2D eigenvalue weighted by Gasteiger charge is -2.27. The lowest BCUT2D eigenvalue weighted by atomic mass is 9.98. The van der Waals surface area contributed by atoms with Gasteiger partial charge in [0.1, 0.15) is 0 Å². The van der Waals surface area contributed by atoms with Crippen molar-refractivity contribution in [3.63, 3.8) is 0 Å². The zero-order chi connectivity index (χ0) is 10.9. The number of ether oxygens (including phenoxy) is 1. The van der Waals surface area contributed by atoms with Gasteiger partial charge in [-0.2, -0.15) is 0 Å². The first kappa shape index (κ1) is 12.7. The first-order chi connectivity index (χ1) is 7.34. The van der Waals surface area contributed by atoms with Gasteiger partial charge in [0.15, 0.2) is 0 Å². The molecule has 0 saturated carbocycles. The maximum Gasteiger partial charge on any atom is 0.0725 e. The minimum atomic E-state index is 0.258. The molecular weight excluding hydrogens is 186 g/mol. The van der Waals surface area contributed by atoms with E-state index in [-0.39, 0.29) is 6.04 Å². The molecule has 0 spiro atoms. The molecule has 0 aromatic rings. The molecule has 1 aliphatic heterocycles. The topological polar surface area (TPSA) is 35.2 Å². The Kier molecular flexibility index (Phi) is 6.69. The van der Waals surface area contributed by atoms with Crippen LogP contribution in [0.25, 0.3) is 0 Å². The average Bonchev–Trinajstić information content (AvgIpc) is 2.30. The van der Waals surface area contributed by atoms with Gasteiger partial charge in [-0.1, -0.05) is 18.9 Å². The van der Waals surface area contributed by atoms with E-state index >= 15 is 0 Å². The molecule has 0 amide bonds. The highest BCUT2D eigenvalue weighted by atomic mass is 16.5. The maximum atomic E-state index is 6.12. The van der Waals surface area contributed by atoms with Crippen LogP contribution in [0.5, 0.6) is 0 Å². The van der Waals surface area contributed by atoms with Gasteiger partial charge < -0.3 is 10.5 Å². The Morgan fingerprint density at radius 3 is 2.87 bits per heavy atom. The number of hydrogen-bond donors (Lipinski definition) is 1. The van der Waals surface area contributed by atoms with Crippen LogP contribution in [0, 0.1) is 0 Å². The van der Waals surface area contributed by atoms with Crippen molar-refractivity contribution < 1.29 is 4.74 Å². The summed E-state index contributed by atoms with van der Waals surface area (Å²) in [5, 5.41) is 0. The maximum absolute atomic E-state index is 6.12. The molecule has 1 saturated heterocycles. The Labute approximate surface area is 93.9 Å². The molecule has 1 fully saturated rings. The molecule has 2 heteroatoms. The molecule has 2 nitrogen and oxygen atoms in total. The Hall–Kier alpha value is -0.340. The van der Waals surface area contributed by atoms with E-state index < -0.39 is 0 Å². The lowest BCUT2D eigenvalue weighted by molar-refractivity contribution is -0.00144. The van der Waals surface area contributed by atoms with Crippen LogP contribution >= 0.6 is 0 Å². The minimum Gasteiger partial charge on any atom is -0.377 e. The molecule has 2 unspecified atom stereocenters. The van der Waals surface area contributed by atoms with Gasteiger partial charge in [0.05, 0.1) is 6.10 Å². The average molecular weight is 211 g/mol. The van der Waals surface area contributed by atoms with Crippen molar-refractivity contribution in [3.8, 4) is 0 Å². The number of nitrogens with two attached hydrogens (primary N) is 1. The van der Waals surface area contributed by atoms with Gasteiger partial charge in [-0.25, -0.2) is 0 Å². The van der Waals surface area contributed by atoms with Crippen LogP contribution in [0.3, 0.4) is 0 Å². The molecule has 2 atom stereocenters. The largest absolute Gasteiger partial charge is 0.377 e. The van der Waals surface area contributed by atoms with E-state index in [1.165, 1.54) is 32.1 Å². The summed E-state index contributed by atoms with van der Waals surface area (Å²) >= 11 is 0. The predicted molar refractivity (Wildman–Crippen MR) is 64.8 cm³/mol. The van der Waals surface area contributed by atoms with Crippen molar-refractivity contribution in [2.45, 2.75) is 63.5 Å². The van der Waals surface area contributed by atoms with E-state index in [0.29, 0.717) is 6.10 Å². The second-order valence-electron chi connectivity index (χ2n) is 4.50. The van der Waals surface area contributed by atoms with Crippen molar-refractivity contribution in [2.75, 3.05) is 6.61 Å². The van der Waals surface area contributed by atoms with Gasteiger partial charge in [-0.3, -0.25) is 0 Å². The van der Waals surface area contributed by atoms with Crippen molar-refractivity contribution >= 4 is 0 Å². The van der Waals surface area contributed by atoms with E-state index in [2.05, 4.69) is 6.58 Å². The first-order valence-corrected chi connectivity index (χ1v) is 6.32. The fourth-order valence-corrected chi connectivity index (χ4v) is 2.13. The van der Waals surface area contributed by atoms with Gasteiger partial charge in [-0.05, 0) is 38.5 Å². The van der Waals surface area contributed by atoms with E-state index in [0.717, 1.165) is 25.9 Å². The van der Waals surface area contributed by atoms with Gasteiger partial charge >= 0.3 is 0 Å². The van der Waals surface area contributed by atoms with E-state index in [1.807, 2.05) is 6.08 Å². The summed E-state index contributed by atoms with van der Waals surface area (Å²) in [6.07, 6.45) is 12.0. The van der Waals surface area contributed by atoms with Crippen LogP contribution in [-0.4, -0.2) is 18.8 Å². The molecule has 1 aliphatic rings. The fourth-order valence-electron chi connectivity index (χ4n) is 2.13. The normalized spacial score (nSPS) is 23.7. The first-order valence-electron chi connectivity index (χ1n) is 6.32. The summed E-state index contributed by atoms with van der Waals surface area (Å²) in [6.45, 7) is 4.63. The van der Waals surface area contributed by atoms with Gasteiger partial charge in [0.25, 0.3) is 0 Å². The minimum absolute atomic E-state index is 0.258. The number of allylic oxidation sites excluding steroid dienone is 1. The number of rotatable bonds is 7. The Bertz CT molecular complexity index is 164. The Morgan fingerprint density at radius 2 is 2.20 bits per heavy atom. The summed E-state index contributed by atoms with van der Waals surface area (Å²) in [5.74, 6) is 0. The molecule has 1 heterocycles. The highest BCUT2D eigenvalue weighted by Crippen LogP contribution is 2.18. The van der Waals surface area contributed by atoms with Crippen molar-refractivity contribution in [2.24, 2.45) is 5.73 Å². The van der Waals surface area contributed by atoms with Crippen LogP contribution < -0.4 is 5.73 Å². The molecule has 15 heavy (non-hydrogen) atoms. The molecule has 1 rings (SSSR count). The van der Waals surface area contributed by atoms with Crippen molar-refractivity contribution in [1.82, 2.24) is 0 Å². The van der Waals surface area contributed by atoms with E-state index in [4.69, 9.17) is 10.5 Å². The molecule has 88 valence electrons. The monoisotopic (exact) mass is 211 g/mol. The summed E-state index contributed by atoms with van der Waals surface area (Å²) in [7, 11) is 0. The third-order valence-corrected chi connectivity index (χ3v) is 3.14. The molecule has 0 aliphatic carbocycles. The van der Waals surface area contributed by atoms with Gasteiger partial charge in [0, 0.05) is 12.6 Å². The second-order valence-corrected chi connectivity index (χ2v) is 4.50. The van der Waals surface area contributed by atoms with Gasteiger partial charge in [-0.15, -0.1) is 6.58 Å². The summed E-state index contributed by atoms with van der Waals surface area (Å²) in [6, 6.07) is 0.258. The van der Waals surface area contributed by atoms with Crippen LogP contribution in [0.4, 0.5) is 0 Å². The summed E-state index contributed by atoms with van der Waals surface area (Å²) in [5.41, 5.74) is 6.12. The predicted octanol–water partition coefficient (Wildman–Crippen LogP) is 3.02. The Morgan fingerprint density at radius 1 is 1.33 bits per heavy atom. The molecule has 0 radical (unpaired) electrons. The molecule has 0 bridgehead atoms. The van der Waals surface area contributed by atoms with E-state index in [9.17, 15) is 0 Å². The zero-order valence-electron chi connectivity index (χ0n) is 9.79. The van der Waals surface area contributed by atoms with Crippen molar-refractivity contribution in [1.29, 1.82) is 0 Å². The quantitative estimate of drug-likeness (QED) is 0.519. The molecular formula is C13H25NO. The highest BCUT2D eigenvalue weighted by Gasteiger charge is 2.20. The lowest BCUT2D eigenvalue weighted by Crippen LogP contribution is -2.38. The summed E-state index contributed by atoms with van der Waals surface area (Å²) in [4.78, 5) is 0. The molecule has 2 N–H and O–H groups in total. The molecule has 0 aromatic heterocycles. The van der Waals surface area contributed by atoms with Crippen LogP contribution in [0.1, 0.15) is 51.4 Å². The van der Waals surface area contributed by atoms with E-state index in [1.54, 1.807) is 0 Å².